The molecule has 0 aliphatic carbocycles. The van der Waals surface area contributed by atoms with Crippen molar-refractivity contribution in [2.45, 2.75) is 52.0 Å². The van der Waals surface area contributed by atoms with Crippen molar-refractivity contribution in [3.8, 4) is 0 Å². The van der Waals surface area contributed by atoms with Gasteiger partial charge in [0.05, 0.1) is 0 Å². The molecule has 1 amide bonds. The largest absolute Gasteiger partial charge is 0.356 e. The summed E-state index contributed by atoms with van der Waals surface area (Å²) in [6.07, 6.45) is 1.82. The molecule has 0 saturated carbocycles. The molecule has 0 bridgehead atoms. The third kappa shape index (κ3) is 5.94. The molecule has 1 fully saturated rings. The zero-order valence-electron chi connectivity index (χ0n) is 17.2. The van der Waals surface area contributed by atoms with Crippen LogP contribution in [0.15, 0.2) is 29.3 Å². The maximum Gasteiger partial charge on any atom is 0.225 e. The van der Waals surface area contributed by atoms with Gasteiger partial charge in [-0.15, -0.1) is 0 Å². The highest BCUT2D eigenvalue weighted by Gasteiger charge is 2.26. The van der Waals surface area contributed by atoms with Crippen molar-refractivity contribution in [3.05, 3.63) is 35.6 Å². The minimum absolute atomic E-state index is 0.0500. The molecule has 150 valence electrons. The van der Waals surface area contributed by atoms with Crippen LogP contribution >= 0.6 is 0 Å². The van der Waals surface area contributed by atoms with Gasteiger partial charge in [0.2, 0.25) is 5.91 Å². The van der Waals surface area contributed by atoms with Gasteiger partial charge >= 0.3 is 0 Å². The molecule has 0 spiro atoms. The van der Waals surface area contributed by atoms with Crippen LogP contribution in [0.5, 0.6) is 0 Å². The Morgan fingerprint density at radius 1 is 1.33 bits per heavy atom. The summed E-state index contributed by atoms with van der Waals surface area (Å²) in [4.78, 5) is 18.4. The van der Waals surface area contributed by atoms with Gasteiger partial charge in [-0.3, -0.25) is 9.79 Å². The highest BCUT2D eigenvalue weighted by Crippen LogP contribution is 2.23. The SMILES string of the molecule is CN=C(NCC(C)(C)c1cccc(F)c1)NC1CCN(C(=O)C(C)C)CC1. The van der Waals surface area contributed by atoms with Crippen molar-refractivity contribution in [3.63, 3.8) is 0 Å². The molecule has 0 radical (unpaired) electrons. The number of aliphatic imine (C=N–C) groups is 1. The number of carbonyl (C=O) groups excluding carboxylic acids is 1. The van der Waals surface area contributed by atoms with E-state index in [-0.39, 0.29) is 23.1 Å². The van der Waals surface area contributed by atoms with E-state index >= 15 is 0 Å². The molecule has 27 heavy (non-hydrogen) atoms. The summed E-state index contributed by atoms with van der Waals surface area (Å²) >= 11 is 0. The van der Waals surface area contributed by atoms with Crippen LogP contribution in [-0.2, 0) is 10.2 Å². The lowest BCUT2D eigenvalue weighted by molar-refractivity contribution is -0.135. The van der Waals surface area contributed by atoms with Gasteiger partial charge in [-0.1, -0.05) is 39.8 Å². The third-order valence-corrected chi connectivity index (χ3v) is 5.17. The molecule has 0 unspecified atom stereocenters. The van der Waals surface area contributed by atoms with E-state index in [1.807, 2.05) is 24.8 Å². The highest BCUT2D eigenvalue weighted by atomic mass is 19.1. The number of amides is 1. The van der Waals surface area contributed by atoms with Crippen LogP contribution in [0.1, 0.15) is 46.1 Å². The summed E-state index contributed by atoms with van der Waals surface area (Å²) in [5, 5.41) is 6.82. The lowest BCUT2D eigenvalue weighted by Crippen LogP contribution is -2.51. The summed E-state index contributed by atoms with van der Waals surface area (Å²) in [6, 6.07) is 7.03. The summed E-state index contributed by atoms with van der Waals surface area (Å²) in [7, 11) is 1.75. The first-order chi connectivity index (χ1) is 12.7. The number of carbonyl (C=O) groups is 1. The summed E-state index contributed by atoms with van der Waals surface area (Å²) < 4.78 is 13.5. The van der Waals surface area contributed by atoms with Crippen molar-refractivity contribution in [2.75, 3.05) is 26.7 Å². The zero-order valence-corrected chi connectivity index (χ0v) is 17.2. The molecule has 1 aromatic rings. The maximum atomic E-state index is 13.5. The lowest BCUT2D eigenvalue weighted by Gasteiger charge is -2.34. The minimum atomic E-state index is -0.229. The number of nitrogens with one attached hydrogen (secondary N) is 2. The van der Waals surface area contributed by atoms with Gasteiger partial charge in [0.1, 0.15) is 5.82 Å². The number of benzene rings is 1. The van der Waals surface area contributed by atoms with E-state index in [4.69, 9.17) is 0 Å². The number of hydrogen-bond donors (Lipinski definition) is 2. The van der Waals surface area contributed by atoms with Crippen LogP contribution in [0.3, 0.4) is 0 Å². The molecule has 1 saturated heterocycles. The van der Waals surface area contributed by atoms with Crippen molar-refractivity contribution in [1.29, 1.82) is 0 Å². The minimum Gasteiger partial charge on any atom is -0.356 e. The van der Waals surface area contributed by atoms with E-state index in [1.165, 1.54) is 6.07 Å². The summed E-state index contributed by atoms with van der Waals surface area (Å²) in [5.41, 5.74) is 0.721. The Hall–Kier alpha value is -2.11. The first-order valence-corrected chi connectivity index (χ1v) is 9.75. The molecule has 2 rings (SSSR count). The number of piperidine rings is 1. The molecule has 1 heterocycles. The third-order valence-electron chi connectivity index (χ3n) is 5.17. The quantitative estimate of drug-likeness (QED) is 0.614. The van der Waals surface area contributed by atoms with Gasteiger partial charge in [-0.25, -0.2) is 4.39 Å². The van der Waals surface area contributed by atoms with Crippen LogP contribution in [0.25, 0.3) is 0 Å². The fraction of sp³-hybridized carbons (Fsp3) is 0.619. The van der Waals surface area contributed by atoms with Crippen LogP contribution in [0.4, 0.5) is 4.39 Å². The normalized spacial score (nSPS) is 16.6. The standard InChI is InChI=1S/C21H33FN4O/c1-15(2)19(27)26-11-9-18(10-12-26)25-20(23-5)24-14-21(3,4)16-7-6-8-17(22)13-16/h6-8,13,15,18H,9-12,14H2,1-5H3,(H2,23,24,25). The Labute approximate surface area is 162 Å². The smallest absolute Gasteiger partial charge is 0.225 e. The fourth-order valence-corrected chi connectivity index (χ4v) is 3.31. The monoisotopic (exact) mass is 376 g/mol. The number of guanidine groups is 1. The molecule has 0 atom stereocenters. The Balaban J connectivity index is 1.85. The first kappa shape index (κ1) is 21.2. The second-order valence-corrected chi connectivity index (χ2v) is 8.22. The predicted molar refractivity (Wildman–Crippen MR) is 108 cm³/mol. The van der Waals surface area contributed by atoms with E-state index in [2.05, 4.69) is 29.5 Å². The van der Waals surface area contributed by atoms with Crippen molar-refractivity contribution in [1.82, 2.24) is 15.5 Å². The van der Waals surface area contributed by atoms with Gasteiger partial charge in [0.25, 0.3) is 0 Å². The average molecular weight is 377 g/mol. The van der Waals surface area contributed by atoms with Crippen LogP contribution in [0, 0.1) is 11.7 Å². The van der Waals surface area contributed by atoms with Crippen molar-refractivity contribution >= 4 is 11.9 Å². The van der Waals surface area contributed by atoms with E-state index in [0.29, 0.717) is 12.6 Å². The Bertz CT molecular complexity index is 664. The van der Waals surface area contributed by atoms with Gasteiger partial charge in [0.15, 0.2) is 5.96 Å². The van der Waals surface area contributed by atoms with Crippen molar-refractivity contribution in [2.24, 2.45) is 10.9 Å². The second-order valence-electron chi connectivity index (χ2n) is 8.22. The Morgan fingerprint density at radius 2 is 2.00 bits per heavy atom. The molecular formula is C21H33FN4O. The van der Waals surface area contributed by atoms with E-state index in [1.54, 1.807) is 19.2 Å². The lowest BCUT2D eigenvalue weighted by atomic mass is 9.84. The molecule has 1 aliphatic rings. The fourth-order valence-electron chi connectivity index (χ4n) is 3.31. The molecule has 1 aliphatic heterocycles. The molecular weight excluding hydrogens is 343 g/mol. The predicted octanol–water partition coefficient (Wildman–Crippen LogP) is 2.92. The van der Waals surface area contributed by atoms with Gasteiger partial charge in [0, 0.05) is 44.1 Å². The van der Waals surface area contributed by atoms with Gasteiger partial charge in [-0.05, 0) is 30.5 Å². The maximum absolute atomic E-state index is 13.5. The molecule has 5 nitrogen and oxygen atoms in total. The molecule has 1 aromatic carbocycles. The number of nitrogens with zero attached hydrogens (tertiary/aromatic N) is 2. The average Bonchev–Trinajstić information content (AvgIpc) is 2.65. The highest BCUT2D eigenvalue weighted by molar-refractivity contribution is 5.80. The molecule has 2 N–H and O–H groups in total. The van der Waals surface area contributed by atoms with E-state index < -0.39 is 0 Å². The number of rotatable bonds is 5. The first-order valence-electron chi connectivity index (χ1n) is 9.75. The van der Waals surface area contributed by atoms with Crippen molar-refractivity contribution < 1.29 is 9.18 Å². The number of halogens is 1. The van der Waals surface area contributed by atoms with E-state index in [9.17, 15) is 9.18 Å². The van der Waals surface area contributed by atoms with Gasteiger partial charge in [-0.2, -0.15) is 0 Å². The van der Waals surface area contributed by atoms with Gasteiger partial charge < -0.3 is 15.5 Å². The Morgan fingerprint density at radius 3 is 2.56 bits per heavy atom. The molecule has 0 aromatic heterocycles. The summed E-state index contributed by atoms with van der Waals surface area (Å²) in [5.74, 6) is 0.806. The van der Waals surface area contributed by atoms with Crippen LogP contribution < -0.4 is 10.6 Å². The summed E-state index contributed by atoms with van der Waals surface area (Å²) in [6.45, 7) is 10.2. The topological polar surface area (TPSA) is 56.7 Å². The number of likely N-dealkylation sites (tertiary alicyclic amines) is 1. The zero-order chi connectivity index (χ0) is 20.0. The number of hydrogen-bond acceptors (Lipinski definition) is 2. The second kappa shape index (κ2) is 9.20. The molecule has 6 heteroatoms. The van der Waals surface area contributed by atoms with E-state index in [0.717, 1.165) is 37.5 Å². The Kier molecular flexibility index (Phi) is 7.22. The van der Waals surface area contributed by atoms with Crippen LogP contribution in [-0.4, -0.2) is 49.5 Å². The van der Waals surface area contributed by atoms with Crippen LogP contribution in [0.2, 0.25) is 0 Å².